The molecule has 1 N–H and O–H groups in total. The van der Waals surface area contributed by atoms with Gasteiger partial charge in [0.25, 0.3) is 0 Å². The van der Waals surface area contributed by atoms with Gasteiger partial charge in [-0.05, 0) is 43.3 Å². The minimum Gasteiger partial charge on any atom is -0.315 e. The van der Waals surface area contributed by atoms with Gasteiger partial charge in [-0.2, -0.15) is 5.26 Å². The lowest BCUT2D eigenvalue weighted by atomic mass is 9.99. The maximum atomic E-state index is 11.9. The van der Waals surface area contributed by atoms with Crippen LogP contribution >= 0.6 is 11.3 Å². The Morgan fingerprint density at radius 2 is 2.33 bits per heavy atom. The van der Waals surface area contributed by atoms with Gasteiger partial charge in [-0.25, -0.2) is 0 Å². The monoisotopic (exact) mass is 263 g/mol. The summed E-state index contributed by atoms with van der Waals surface area (Å²) in [6.07, 6.45) is 2.32. The summed E-state index contributed by atoms with van der Waals surface area (Å²) in [6.45, 7) is 4.66. The van der Waals surface area contributed by atoms with Gasteiger partial charge in [0.1, 0.15) is 11.1 Å². The lowest BCUT2D eigenvalue weighted by molar-refractivity contribution is -0.117. The van der Waals surface area contributed by atoms with Crippen LogP contribution in [0.15, 0.2) is 11.4 Å². The van der Waals surface area contributed by atoms with Gasteiger partial charge in [0.05, 0.1) is 12.1 Å². The number of nitriles is 1. The highest BCUT2D eigenvalue weighted by Gasteiger charge is 2.18. The van der Waals surface area contributed by atoms with E-state index in [0.717, 1.165) is 31.8 Å². The van der Waals surface area contributed by atoms with E-state index in [9.17, 15) is 4.79 Å². The first-order valence-electron chi connectivity index (χ1n) is 6.19. The molecule has 5 heteroatoms. The number of nitrogens with one attached hydrogen (secondary N) is 1. The van der Waals surface area contributed by atoms with Crippen LogP contribution in [0.2, 0.25) is 0 Å². The fourth-order valence-corrected chi connectivity index (χ4v) is 2.84. The zero-order chi connectivity index (χ0) is 13.0. The number of piperidine rings is 1. The molecule has 0 aliphatic carbocycles. The third kappa shape index (κ3) is 3.31. The van der Waals surface area contributed by atoms with Crippen molar-refractivity contribution in [3.05, 3.63) is 17.0 Å². The molecule has 96 valence electrons. The third-order valence-corrected chi connectivity index (χ3v) is 4.11. The molecule has 0 atom stereocenters. The zero-order valence-corrected chi connectivity index (χ0v) is 11.3. The number of hydrogen-bond donors (Lipinski definition) is 1. The van der Waals surface area contributed by atoms with Crippen LogP contribution in [0.25, 0.3) is 0 Å². The second-order valence-corrected chi connectivity index (χ2v) is 5.70. The molecule has 0 saturated carbocycles. The number of hydrogen-bond acceptors (Lipinski definition) is 4. The molecule has 4 nitrogen and oxygen atoms in total. The maximum Gasteiger partial charge on any atom is 0.239 e. The minimum absolute atomic E-state index is 0.0245. The maximum absolute atomic E-state index is 11.9. The van der Waals surface area contributed by atoms with Gasteiger partial charge in [-0.3, -0.25) is 9.69 Å². The van der Waals surface area contributed by atoms with E-state index in [1.165, 1.54) is 11.3 Å². The Morgan fingerprint density at radius 3 is 3.00 bits per heavy atom. The summed E-state index contributed by atoms with van der Waals surface area (Å²) in [5, 5.41) is 14.2. The van der Waals surface area contributed by atoms with E-state index in [-0.39, 0.29) is 5.91 Å². The molecule has 1 saturated heterocycles. The third-order valence-electron chi connectivity index (χ3n) is 3.28. The summed E-state index contributed by atoms with van der Waals surface area (Å²) in [5.74, 6) is 0.746. The number of anilines is 1. The van der Waals surface area contributed by atoms with E-state index in [2.05, 4.69) is 23.2 Å². The topological polar surface area (TPSA) is 56.1 Å². The molecule has 1 aromatic rings. The second-order valence-electron chi connectivity index (χ2n) is 4.78. The van der Waals surface area contributed by atoms with Gasteiger partial charge in [0.2, 0.25) is 5.91 Å². The van der Waals surface area contributed by atoms with Crippen molar-refractivity contribution in [1.82, 2.24) is 4.90 Å². The van der Waals surface area contributed by atoms with E-state index < -0.39 is 0 Å². The standard InChI is InChI=1S/C13H17N3OS/c1-10-2-5-16(6-3-10)9-12(17)15-13-11(8-14)4-7-18-13/h4,7,10H,2-3,5-6,9H2,1H3,(H,15,17). The van der Waals surface area contributed by atoms with Crippen LogP contribution < -0.4 is 5.32 Å². The van der Waals surface area contributed by atoms with Crippen molar-refractivity contribution in [3.63, 3.8) is 0 Å². The SMILES string of the molecule is CC1CCN(CC(=O)Nc2sccc2C#N)CC1. The lowest BCUT2D eigenvalue weighted by Crippen LogP contribution is -2.38. The van der Waals surface area contributed by atoms with Crippen LogP contribution in [0.3, 0.4) is 0 Å². The molecule has 1 fully saturated rings. The van der Waals surface area contributed by atoms with Gasteiger partial charge in [-0.1, -0.05) is 6.92 Å². The first kappa shape index (κ1) is 13.1. The van der Waals surface area contributed by atoms with Crippen LogP contribution in [0.5, 0.6) is 0 Å². The number of carbonyl (C=O) groups is 1. The van der Waals surface area contributed by atoms with Crippen molar-refractivity contribution in [2.75, 3.05) is 25.0 Å². The number of nitrogens with zero attached hydrogens (tertiary/aromatic N) is 2. The molecular formula is C13H17N3OS. The number of likely N-dealkylation sites (tertiary alicyclic amines) is 1. The predicted molar refractivity (Wildman–Crippen MR) is 72.5 cm³/mol. The summed E-state index contributed by atoms with van der Waals surface area (Å²) in [4.78, 5) is 14.0. The van der Waals surface area contributed by atoms with Gasteiger partial charge >= 0.3 is 0 Å². The lowest BCUT2D eigenvalue weighted by Gasteiger charge is -2.29. The van der Waals surface area contributed by atoms with Crippen LogP contribution in [0.1, 0.15) is 25.3 Å². The number of carbonyl (C=O) groups excluding carboxylic acids is 1. The van der Waals surface area contributed by atoms with Gasteiger partial charge in [0, 0.05) is 0 Å². The van der Waals surface area contributed by atoms with Crippen molar-refractivity contribution in [3.8, 4) is 6.07 Å². The van der Waals surface area contributed by atoms with Gasteiger partial charge in [-0.15, -0.1) is 11.3 Å². The highest BCUT2D eigenvalue weighted by atomic mass is 32.1. The quantitative estimate of drug-likeness (QED) is 0.910. The number of thiophene rings is 1. The predicted octanol–water partition coefficient (Wildman–Crippen LogP) is 2.29. The Labute approximate surface area is 111 Å². The first-order valence-corrected chi connectivity index (χ1v) is 7.07. The summed E-state index contributed by atoms with van der Waals surface area (Å²) < 4.78 is 0. The van der Waals surface area contributed by atoms with E-state index in [0.29, 0.717) is 17.1 Å². The highest BCUT2D eigenvalue weighted by molar-refractivity contribution is 7.14. The number of amides is 1. The molecular weight excluding hydrogens is 246 g/mol. The molecule has 0 aromatic carbocycles. The fourth-order valence-electron chi connectivity index (χ4n) is 2.08. The summed E-state index contributed by atoms with van der Waals surface area (Å²) in [6, 6.07) is 3.80. The smallest absolute Gasteiger partial charge is 0.239 e. The molecule has 2 heterocycles. The molecule has 1 aliphatic heterocycles. The van der Waals surface area contributed by atoms with Crippen LogP contribution in [-0.2, 0) is 4.79 Å². The molecule has 0 unspecified atom stereocenters. The minimum atomic E-state index is -0.0245. The van der Waals surface area contributed by atoms with Gasteiger partial charge in [0.15, 0.2) is 0 Å². The van der Waals surface area contributed by atoms with E-state index in [4.69, 9.17) is 5.26 Å². The van der Waals surface area contributed by atoms with Gasteiger partial charge < -0.3 is 5.32 Å². The Balaban J connectivity index is 1.84. The number of rotatable bonds is 3. The normalized spacial score (nSPS) is 17.3. The first-order chi connectivity index (χ1) is 8.69. The average molecular weight is 263 g/mol. The van der Waals surface area contributed by atoms with E-state index in [1.54, 1.807) is 6.07 Å². The molecule has 1 aliphatic rings. The van der Waals surface area contributed by atoms with Crippen molar-refractivity contribution in [2.24, 2.45) is 5.92 Å². The highest BCUT2D eigenvalue weighted by Crippen LogP contribution is 2.22. The Kier molecular flexibility index (Phi) is 4.34. The van der Waals surface area contributed by atoms with Crippen LogP contribution in [-0.4, -0.2) is 30.4 Å². The molecule has 0 spiro atoms. The Hall–Kier alpha value is -1.38. The van der Waals surface area contributed by atoms with Crippen LogP contribution in [0.4, 0.5) is 5.00 Å². The molecule has 18 heavy (non-hydrogen) atoms. The van der Waals surface area contributed by atoms with Crippen molar-refractivity contribution in [1.29, 1.82) is 5.26 Å². The molecule has 0 radical (unpaired) electrons. The van der Waals surface area contributed by atoms with Crippen molar-refractivity contribution in [2.45, 2.75) is 19.8 Å². The molecule has 2 rings (SSSR count). The zero-order valence-electron chi connectivity index (χ0n) is 10.5. The van der Waals surface area contributed by atoms with Crippen LogP contribution in [0, 0.1) is 17.2 Å². The summed E-state index contributed by atoms with van der Waals surface area (Å²) >= 11 is 1.39. The average Bonchev–Trinajstić information content (AvgIpc) is 2.79. The van der Waals surface area contributed by atoms with Crippen molar-refractivity contribution >= 4 is 22.2 Å². The summed E-state index contributed by atoms with van der Waals surface area (Å²) in [7, 11) is 0. The molecule has 1 aromatic heterocycles. The van der Waals surface area contributed by atoms with Crippen molar-refractivity contribution < 1.29 is 4.79 Å². The molecule has 0 bridgehead atoms. The summed E-state index contributed by atoms with van der Waals surface area (Å²) in [5.41, 5.74) is 0.542. The Bertz CT molecular complexity index is 455. The largest absolute Gasteiger partial charge is 0.315 e. The Morgan fingerprint density at radius 1 is 1.61 bits per heavy atom. The molecule has 1 amide bonds. The second kappa shape index (κ2) is 5.98. The fraction of sp³-hybridized carbons (Fsp3) is 0.538. The van der Waals surface area contributed by atoms with E-state index >= 15 is 0 Å². The van der Waals surface area contributed by atoms with E-state index in [1.807, 2.05) is 5.38 Å².